The van der Waals surface area contributed by atoms with E-state index in [1.807, 2.05) is 0 Å². The second-order valence-corrected chi connectivity index (χ2v) is 4.95. The van der Waals surface area contributed by atoms with Crippen LogP contribution in [0.2, 0.25) is 0 Å². The van der Waals surface area contributed by atoms with Gasteiger partial charge in [0.05, 0.1) is 6.61 Å². The molecule has 0 spiro atoms. The lowest BCUT2D eigenvalue weighted by atomic mass is 10.1. The van der Waals surface area contributed by atoms with E-state index in [0.29, 0.717) is 6.61 Å². The Kier molecular flexibility index (Phi) is 8.65. The summed E-state index contributed by atoms with van der Waals surface area (Å²) in [4.78, 5) is 16.5. The number of piperidine rings is 1. The normalized spacial score (nSPS) is 16.5. The van der Waals surface area contributed by atoms with Crippen LogP contribution in [0.1, 0.15) is 64.7 Å². The lowest BCUT2D eigenvalue weighted by Crippen LogP contribution is -2.32. The van der Waals surface area contributed by atoms with Gasteiger partial charge >= 0.3 is 6.16 Å². The number of hydroxylamine groups is 2. The minimum Gasteiger partial charge on any atom is -0.433 e. The molecule has 18 heavy (non-hydrogen) atoms. The Bertz CT molecular complexity index is 215. The zero-order valence-corrected chi connectivity index (χ0v) is 11.7. The van der Waals surface area contributed by atoms with Gasteiger partial charge in [0.1, 0.15) is 0 Å². The summed E-state index contributed by atoms with van der Waals surface area (Å²) in [6, 6.07) is 0. The van der Waals surface area contributed by atoms with E-state index in [0.717, 1.165) is 38.8 Å². The van der Waals surface area contributed by atoms with Crippen molar-refractivity contribution in [1.82, 2.24) is 5.06 Å². The summed E-state index contributed by atoms with van der Waals surface area (Å²) < 4.78 is 5.05. The van der Waals surface area contributed by atoms with Crippen LogP contribution in [0.25, 0.3) is 0 Å². The highest BCUT2D eigenvalue weighted by Gasteiger charge is 2.15. The van der Waals surface area contributed by atoms with Crippen molar-refractivity contribution in [3.8, 4) is 0 Å². The lowest BCUT2D eigenvalue weighted by molar-refractivity contribution is -0.137. The van der Waals surface area contributed by atoms with E-state index >= 15 is 0 Å². The van der Waals surface area contributed by atoms with E-state index in [9.17, 15) is 4.79 Å². The highest BCUT2D eigenvalue weighted by molar-refractivity contribution is 5.59. The molecule has 0 bridgehead atoms. The Morgan fingerprint density at radius 3 is 2.39 bits per heavy atom. The maximum absolute atomic E-state index is 11.4. The van der Waals surface area contributed by atoms with Crippen LogP contribution in [0.5, 0.6) is 0 Å². The van der Waals surface area contributed by atoms with Gasteiger partial charge in [-0.1, -0.05) is 45.4 Å². The van der Waals surface area contributed by atoms with E-state index in [2.05, 4.69) is 6.92 Å². The van der Waals surface area contributed by atoms with E-state index in [4.69, 9.17) is 9.57 Å². The third-order valence-corrected chi connectivity index (χ3v) is 3.24. The van der Waals surface area contributed by atoms with Crippen LogP contribution >= 0.6 is 0 Å². The Labute approximate surface area is 111 Å². The van der Waals surface area contributed by atoms with Gasteiger partial charge in [-0.3, -0.25) is 0 Å². The first-order valence-electron chi connectivity index (χ1n) is 7.42. The Hall–Kier alpha value is -0.770. The first kappa shape index (κ1) is 15.3. The minimum atomic E-state index is -0.537. The van der Waals surface area contributed by atoms with Crippen molar-refractivity contribution in [3.63, 3.8) is 0 Å². The standard InChI is InChI=1S/C14H27NO3/c1-2-3-4-5-6-10-13-17-14(16)18-15-11-8-7-9-12-15/h2-13H2,1H3. The summed E-state index contributed by atoms with van der Waals surface area (Å²) in [5.41, 5.74) is 0. The molecule has 0 amide bonds. The second-order valence-electron chi connectivity index (χ2n) is 4.95. The van der Waals surface area contributed by atoms with Gasteiger partial charge in [0.25, 0.3) is 0 Å². The third kappa shape index (κ3) is 7.54. The van der Waals surface area contributed by atoms with Crippen molar-refractivity contribution in [2.45, 2.75) is 64.7 Å². The number of rotatable bonds is 8. The largest absolute Gasteiger partial charge is 0.527 e. The molecule has 0 aromatic rings. The number of hydrogen-bond donors (Lipinski definition) is 0. The smallest absolute Gasteiger partial charge is 0.433 e. The number of carbonyl (C=O) groups is 1. The predicted octanol–water partition coefficient (Wildman–Crippen LogP) is 3.90. The van der Waals surface area contributed by atoms with Crippen LogP contribution < -0.4 is 0 Å². The molecule has 1 aliphatic rings. The van der Waals surface area contributed by atoms with Gasteiger partial charge in [-0.05, 0) is 19.3 Å². The number of unbranched alkanes of at least 4 members (excludes halogenated alkanes) is 5. The summed E-state index contributed by atoms with van der Waals surface area (Å²) in [6.07, 6.45) is 10.1. The topological polar surface area (TPSA) is 38.8 Å². The molecular formula is C14H27NO3. The molecule has 0 radical (unpaired) electrons. The number of carbonyl (C=O) groups excluding carboxylic acids is 1. The van der Waals surface area contributed by atoms with E-state index in [-0.39, 0.29) is 0 Å². The van der Waals surface area contributed by atoms with Gasteiger partial charge < -0.3 is 9.57 Å². The molecule has 0 saturated carbocycles. The fourth-order valence-electron chi connectivity index (χ4n) is 2.13. The van der Waals surface area contributed by atoms with Crippen LogP contribution in [-0.2, 0) is 9.57 Å². The fraction of sp³-hybridized carbons (Fsp3) is 0.929. The molecule has 1 saturated heterocycles. The molecule has 0 aliphatic carbocycles. The van der Waals surface area contributed by atoms with Gasteiger partial charge in [0.15, 0.2) is 0 Å². The van der Waals surface area contributed by atoms with Crippen molar-refractivity contribution in [1.29, 1.82) is 0 Å². The van der Waals surface area contributed by atoms with Gasteiger partial charge in [0.2, 0.25) is 0 Å². The van der Waals surface area contributed by atoms with Crippen molar-refractivity contribution in [3.05, 3.63) is 0 Å². The number of ether oxygens (including phenoxy) is 1. The Balaban J connectivity index is 1.90. The highest BCUT2D eigenvalue weighted by atomic mass is 16.8. The molecule has 106 valence electrons. The van der Waals surface area contributed by atoms with Crippen molar-refractivity contribution >= 4 is 6.16 Å². The Morgan fingerprint density at radius 2 is 1.67 bits per heavy atom. The zero-order chi connectivity index (χ0) is 13.1. The molecule has 0 atom stereocenters. The summed E-state index contributed by atoms with van der Waals surface area (Å²) in [5, 5.41) is 1.72. The molecule has 4 nitrogen and oxygen atoms in total. The molecular weight excluding hydrogens is 230 g/mol. The molecule has 1 fully saturated rings. The Morgan fingerprint density at radius 1 is 1.00 bits per heavy atom. The molecule has 1 heterocycles. The highest BCUT2D eigenvalue weighted by Crippen LogP contribution is 2.10. The number of hydrogen-bond acceptors (Lipinski definition) is 4. The zero-order valence-electron chi connectivity index (χ0n) is 11.7. The van der Waals surface area contributed by atoms with E-state index in [1.54, 1.807) is 5.06 Å². The number of nitrogens with zero attached hydrogens (tertiary/aromatic N) is 1. The molecule has 1 aliphatic heterocycles. The third-order valence-electron chi connectivity index (χ3n) is 3.24. The maximum atomic E-state index is 11.4. The van der Waals surface area contributed by atoms with Crippen molar-refractivity contribution < 1.29 is 14.4 Å². The van der Waals surface area contributed by atoms with Crippen molar-refractivity contribution in [2.24, 2.45) is 0 Å². The van der Waals surface area contributed by atoms with Crippen LogP contribution in [-0.4, -0.2) is 30.9 Å². The molecule has 0 N–H and O–H groups in total. The van der Waals surface area contributed by atoms with Crippen LogP contribution in [0, 0.1) is 0 Å². The summed E-state index contributed by atoms with van der Waals surface area (Å²) in [5.74, 6) is 0. The second kappa shape index (κ2) is 10.2. The lowest BCUT2D eigenvalue weighted by Gasteiger charge is -2.24. The van der Waals surface area contributed by atoms with Gasteiger partial charge in [-0.25, -0.2) is 4.79 Å². The summed E-state index contributed by atoms with van der Waals surface area (Å²) in [7, 11) is 0. The molecule has 0 aromatic heterocycles. The van der Waals surface area contributed by atoms with Gasteiger partial charge in [-0.2, -0.15) is 0 Å². The quantitative estimate of drug-likeness (QED) is 0.488. The van der Waals surface area contributed by atoms with Crippen LogP contribution in [0.3, 0.4) is 0 Å². The van der Waals surface area contributed by atoms with Crippen molar-refractivity contribution in [2.75, 3.05) is 19.7 Å². The molecule has 4 heteroatoms. The predicted molar refractivity (Wildman–Crippen MR) is 71.2 cm³/mol. The summed E-state index contributed by atoms with van der Waals surface area (Å²) >= 11 is 0. The minimum absolute atomic E-state index is 0.485. The fourth-order valence-corrected chi connectivity index (χ4v) is 2.13. The average Bonchev–Trinajstić information content (AvgIpc) is 2.39. The maximum Gasteiger partial charge on any atom is 0.527 e. The summed E-state index contributed by atoms with van der Waals surface area (Å²) in [6.45, 7) is 4.37. The monoisotopic (exact) mass is 257 g/mol. The average molecular weight is 257 g/mol. The first-order valence-corrected chi connectivity index (χ1v) is 7.42. The SMILES string of the molecule is CCCCCCCCOC(=O)ON1CCCCC1. The van der Waals surface area contributed by atoms with Gasteiger partial charge in [-0.15, -0.1) is 5.06 Å². The van der Waals surface area contributed by atoms with E-state index < -0.39 is 6.16 Å². The first-order chi connectivity index (χ1) is 8.83. The van der Waals surface area contributed by atoms with E-state index in [1.165, 1.54) is 32.1 Å². The van der Waals surface area contributed by atoms with Crippen LogP contribution in [0.4, 0.5) is 4.79 Å². The molecule has 0 unspecified atom stereocenters. The molecule has 1 rings (SSSR count). The van der Waals surface area contributed by atoms with Gasteiger partial charge in [0, 0.05) is 13.1 Å². The van der Waals surface area contributed by atoms with Crippen LogP contribution in [0.15, 0.2) is 0 Å². The molecule has 0 aromatic carbocycles.